The lowest BCUT2D eigenvalue weighted by Crippen LogP contribution is -2.38. The first-order valence-corrected chi connectivity index (χ1v) is 6.88. The van der Waals surface area contributed by atoms with Crippen LogP contribution < -0.4 is 0 Å². The number of ether oxygens (including phenoxy) is 2. The van der Waals surface area contributed by atoms with Crippen LogP contribution in [-0.2, 0) is 31.0 Å². The molecule has 1 heterocycles. The van der Waals surface area contributed by atoms with Gasteiger partial charge in [-0.2, -0.15) is 17.2 Å². The molecule has 0 spiro atoms. The maximum Gasteiger partial charge on any atom is 0.465 e. The molecule has 1 saturated heterocycles. The highest BCUT2D eigenvalue weighted by atomic mass is 32.2. The van der Waals surface area contributed by atoms with Gasteiger partial charge in [-0.25, -0.2) is 4.79 Å². The largest absolute Gasteiger partial charge is 0.465 e. The topological polar surface area (TPSA) is 93.2 Å². The van der Waals surface area contributed by atoms with Crippen molar-refractivity contribution in [2.75, 3.05) is 6.61 Å². The average Bonchev–Trinajstić information content (AvgIpc) is 3.19. The molecule has 1 atom stereocenters. The van der Waals surface area contributed by atoms with E-state index in [9.17, 15) is 22.0 Å². The van der Waals surface area contributed by atoms with E-state index in [1.54, 1.807) is 12.1 Å². The van der Waals surface area contributed by atoms with Gasteiger partial charge >= 0.3 is 21.3 Å². The van der Waals surface area contributed by atoms with Crippen molar-refractivity contribution in [3.63, 3.8) is 0 Å². The molecule has 1 aliphatic rings. The highest BCUT2D eigenvalue weighted by Crippen LogP contribution is 2.29. The molecule has 110 valence electrons. The van der Waals surface area contributed by atoms with E-state index in [1.807, 2.05) is 0 Å². The van der Waals surface area contributed by atoms with Crippen LogP contribution in [0.3, 0.4) is 0 Å². The third-order valence-corrected chi connectivity index (χ3v) is 3.43. The van der Waals surface area contributed by atoms with Crippen molar-refractivity contribution in [2.45, 2.75) is 18.0 Å². The van der Waals surface area contributed by atoms with Gasteiger partial charge in [-0.1, -0.05) is 24.3 Å². The first kappa shape index (κ1) is 14.8. The molecule has 0 amide bonds. The van der Waals surface area contributed by atoms with Crippen LogP contribution in [0.15, 0.2) is 24.3 Å². The van der Waals surface area contributed by atoms with Gasteiger partial charge in [-0.15, -0.1) is 0 Å². The second-order valence-electron chi connectivity index (χ2n) is 4.13. The number of epoxide rings is 1. The van der Waals surface area contributed by atoms with Crippen LogP contribution in [0.1, 0.15) is 17.2 Å². The second-order valence-corrected chi connectivity index (χ2v) is 5.59. The predicted molar refractivity (Wildman–Crippen MR) is 61.4 cm³/mol. The summed E-state index contributed by atoms with van der Waals surface area (Å²) in [5.74, 6) is -2.32. The average molecular weight is 308 g/mol. The van der Waals surface area contributed by atoms with Gasteiger partial charge in [0.15, 0.2) is 0 Å². The molecule has 0 aromatic heterocycles. The van der Waals surface area contributed by atoms with Crippen LogP contribution in [0.2, 0.25) is 0 Å². The molecule has 20 heavy (non-hydrogen) atoms. The molecule has 2 rings (SSSR count). The van der Waals surface area contributed by atoms with E-state index in [0.29, 0.717) is 12.2 Å². The Labute approximate surface area is 113 Å². The Hall–Kier alpha value is -1.58. The Balaban J connectivity index is 1.96. The first-order chi connectivity index (χ1) is 9.22. The number of hydrogen-bond donors (Lipinski definition) is 1. The van der Waals surface area contributed by atoms with Crippen LogP contribution in [0, 0.1) is 0 Å². The summed E-state index contributed by atoms with van der Waals surface area (Å²) in [5, 5.41) is -4.98. The van der Waals surface area contributed by atoms with Gasteiger partial charge in [0.25, 0.3) is 0 Å². The molecule has 1 aliphatic heterocycles. The summed E-state index contributed by atoms with van der Waals surface area (Å²) in [6.45, 7) is 0.0880. The lowest BCUT2D eigenvalue weighted by atomic mass is 10.1. The molecule has 0 saturated carbocycles. The Morgan fingerprint density at radius 3 is 2.40 bits per heavy atom. The molecule has 0 aliphatic carbocycles. The fraction of sp³-hybridized carbons (Fsp3) is 0.364. The van der Waals surface area contributed by atoms with Crippen LogP contribution in [0.25, 0.3) is 0 Å². The van der Waals surface area contributed by atoms with E-state index >= 15 is 0 Å². The van der Waals surface area contributed by atoms with Gasteiger partial charge in [-0.05, 0) is 11.1 Å². The number of benzene rings is 1. The molecule has 9 heteroatoms. The lowest BCUT2D eigenvalue weighted by Gasteiger charge is -2.12. The van der Waals surface area contributed by atoms with Crippen LogP contribution in [-0.4, -0.2) is 30.8 Å². The van der Waals surface area contributed by atoms with Gasteiger partial charge in [0.1, 0.15) is 12.7 Å². The van der Waals surface area contributed by atoms with Crippen molar-refractivity contribution in [1.82, 2.24) is 0 Å². The minimum absolute atomic E-state index is 0.0375. The van der Waals surface area contributed by atoms with Gasteiger partial charge in [0.05, 0.1) is 6.61 Å². The summed E-state index contributed by atoms with van der Waals surface area (Å²) in [4.78, 5) is 10.9. The van der Waals surface area contributed by atoms with Gasteiger partial charge in [-0.3, -0.25) is 4.55 Å². The highest BCUT2D eigenvalue weighted by molar-refractivity contribution is 7.87. The molecular formula is C11H10F2O6S. The van der Waals surface area contributed by atoms with E-state index in [2.05, 4.69) is 4.74 Å². The molecule has 0 bridgehead atoms. The smallest absolute Gasteiger partial charge is 0.455 e. The fourth-order valence-corrected chi connectivity index (χ4v) is 1.68. The van der Waals surface area contributed by atoms with Gasteiger partial charge in [0, 0.05) is 0 Å². The SMILES string of the molecule is O=C(OCc1ccc(C2CO2)cc1)C(F)(F)S(=O)(=O)O. The Morgan fingerprint density at radius 1 is 1.40 bits per heavy atom. The number of carbonyl (C=O) groups is 1. The van der Waals surface area contributed by atoms with Crippen LogP contribution >= 0.6 is 0 Å². The molecule has 0 radical (unpaired) electrons. The Bertz CT molecular complexity index is 606. The van der Waals surface area contributed by atoms with Crippen molar-refractivity contribution < 1.29 is 36.0 Å². The maximum absolute atomic E-state index is 12.9. The minimum Gasteiger partial charge on any atom is -0.455 e. The monoisotopic (exact) mass is 308 g/mol. The highest BCUT2D eigenvalue weighted by Gasteiger charge is 2.54. The van der Waals surface area contributed by atoms with E-state index in [1.165, 1.54) is 12.1 Å². The molecule has 1 aromatic carbocycles. The number of carbonyl (C=O) groups excluding carboxylic acids is 1. The molecular weight excluding hydrogens is 298 g/mol. The van der Waals surface area contributed by atoms with E-state index < -0.39 is 27.9 Å². The van der Waals surface area contributed by atoms with Crippen molar-refractivity contribution in [3.8, 4) is 0 Å². The summed E-state index contributed by atoms with van der Waals surface area (Å²) >= 11 is 0. The number of hydrogen-bond acceptors (Lipinski definition) is 5. The van der Waals surface area contributed by atoms with E-state index in [-0.39, 0.29) is 6.10 Å². The van der Waals surface area contributed by atoms with E-state index in [0.717, 1.165) is 5.56 Å². The fourth-order valence-electron chi connectivity index (χ4n) is 1.41. The first-order valence-electron chi connectivity index (χ1n) is 5.44. The molecule has 1 N–H and O–H groups in total. The lowest BCUT2D eigenvalue weighted by molar-refractivity contribution is -0.162. The molecule has 1 unspecified atom stereocenters. The summed E-state index contributed by atoms with van der Waals surface area (Å²) in [7, 11) is -5.84. The molecule has 1 aromatic rings. The van der Waals surface area contributed by atoms with Crippen molar-refractivity contribution in [1.29, 1.82) is 0 Å². The minimum atomic E-state index is -5.84. The van der Waals surface area contributed by atoms with Crippen molar-refractivity contribution in [2.24, 2.45) is 0 Å². The third-order valence-electron chi connectivity index (χ3n) is 2.62. The maximum atomic E-state index is 12.9. The number of halogens is 2. The summed E-state index contributed by atoms with van der Waals surface area (Å²) in [5.41, 5.74) is 1.30. The Kier molecular flexibility index (Phi) is 3.76. The van der Waals surface area contributed by atoms with Gasteiger partial charge in [0.2, 0.25) is 0 Å². The third kappa shape index (κ3) is 3.11. The Morgan fingerprint density at radius 2 is 1.95 bits per heavy atom. The zero-order valence-electron chi connectivity index (χ0n) is 9.95. The van der Waals surface area contributed by atoms with Crippen LogP contribution in [0.5, 0.6) is 0 Å². The van der Waals surface area contributed by atoms with Crippen molar-refractivity contribution in [3.05, 3.63) is 35.4 Å². The number of alkyl halides is 2. The van der Waals surface area contributed by atoms with Crippen LogP contribution in [0.4, 0.5) is 8.78 Å². The van der Waals surface area contributed by atoms with Crippen molar-refractivity contribution >= 4 is 16.1 Å². The summed E-state index contributed by atoms with van der Waals surface area (Å²) in [6, 6.07) is 6.44. The summed E-state index contributed by atoms with van der Waals surface area (Å²) in [6.07, 6.45) is 0.0375. The zero-order chi connectivity index (χ0) is 15.0. The molecule has 6 nitrogen and oxygen atoms in total. The summed E-state index contributed by atoms with van der Waals surface area (Å²) < 4.78 is 63.8. The van der Waals surface area contributed by atoms with E-state index in [4.69, 9.17) is 9.29 Å². The second kappa shape index (κ2) is 5.08. The standard InChI is InChI=1S/C11H10F2O6S/c12-11(13,20(15,16)17)10(14)19-5-7-1-3-8(4-2-7)9-6-18-9/h1-4,9H,5-6H2,(H,15,16,17). The number of rotatable bonds is 5. The zero-order valence-corrected chi connectivity index (χ0v) is 10.8. The predicted octanol–water partition coefficient (Wildman–Crippen LogP) is 1.28. The normalized spacial score (nSPS) is 18.6. The quantitative estimate of drug-likeness (QED) is 0.500. The van der Waals surface area contributed by atoms with Gasteiger partial charge < -0.3 is 9.47 Å². The molecule has 1 fully saturated rings. The number of esters is 1.